The summed E-state index contributed by atoms with van der Waals surface area (Å²) in [6.07, 6.45) is -0.254. The average molecular weight is 495 g/mol. The number of sulfone groups is 1. The Kier molecular flexibility index (Phi) is 8.95. The summed E-state index contributed by atoms with van der Waals surface area (Å²) < 4.78 is 38.9. The van der Waals surface area contributed by atoms with Crippen molar-refractivity contribution in [1.29, 1.82) is 0 Å². The van der Waals surface area contributed by atoms with Gasteiger partial charge in [-0.25, -0.2) is 12.8 Å². The molecule has 0 radical (unpaired) electrons. The molecule has 0 aromatic heterocycles. The van der Waals surface area contributed by atoms with E-state index in [4.69, 9.17) is 5.73 Å². The van der Waals surface area contributed by atoms with Crippen LogP contribution in [0.2, 0.25) is 0 Å². The Morgan fingerprint density at radius 1 is 1.03 bits per heavy atom. The number of hydrogen-bond acceptors (Lipinski definition) is 6. The molecule has 3 rings (SSSR count). The molecule has 7 nitrogen and oxygen atoms in total. The average Bonchev–Trinajstić information content (AvgIpc) is 2.77. The van der Waals surface area contributed by atoms with Crippen LogP contribution in [0.15, 0.2) is 76.5 Å². The molecule has 0 unspecified atom stereocenters. The first-order valence-electron chi connectivity index (χ1n) is 9.79. The van der Waals surface area contributed by atoms with E-state index >= 15 is 0 Å². The SMILES string of the molecule is Cl.NC(=O)c1cc(S(=O)(=O)c2ccc(CCNC[C@@H](O)c3cccc(F)c3)cc2)ccc1O. The number of nitrogens with two attached hydrogens (primary N) is 1. The highest BCUT2D eigenvalue weighted by Crippen LogP contribution is 2.26. The van der Waals surface area contributed by atoms with Crippen molar-refractivity contribution in [2.75, 3.05) is 13.1 Å². The molecule has 0 fully saturated rings. The summed E-state index contributed by atoms with van der Waals surface area (Å²) >= 11 is 0. The minimum Gasteiger partial charge on any atom is -0.507 e. The quantitative estimate of drug-likeness (QED) is 0.338. The molecular weight excluding hydrogens is 471 g/mol. The molecule has 1 amide bonds. The van der Waals surface area contributed by atoms with Crippen molar-refractivity contribution in [3.8, 4) is 5.75 Å². The molecular formula is C23H24ClFN2O5S. The fraction of sp³-hybridized carbons (Fsp3) is 0.174. The molecule has 33 heavy (non-hydrogen) atoms. The van der Waals surface area contributed by atoms with Crippen molar-refractivity contribution in [2.24, 2.45) is 5.73 Å². The van der Waals surface area contributed by atoms with Crippen LogP contribution in [-0.2, 0) is 16.3 Å². The number of primary amides is 1. The lowest BCUT2D eigenvalue weighted by atomic mass is 10.1. The monoisotopic (exact) mass is 494 g/mol. The maximum absolute atomic E-state index is 13.2. The number of rotatable bonds is 9. The summed E-state index contributed by atoms with van der Waals surface area (Å²) in [5, 5.41) is 22.9. The second-order valence-electron chi connectivity index (χ2n) is 7.22. The summed E-state index contributed by atoms with van der Waals surface area (Å²) in [6.45, 7) is 0.775. The number of aromatic hydroxyl groups is 1. The third-order valence-corrected chi connectivity index (χ3v) is 6.71. The van der Waals surface area contributed by atoms with Crippen LogP contribution in [0.5, 0.6) is 5.75 Å². The van der Waals surface area contributed by atoms with Gasteiger partial charge in [0.25, 0.3) is 5.91 Å². The molecule has 5 N–H and O–H groups in total. The normalized spacial score (nSPS) is 12.1. The zero-order valence-electron chi connectivity index (χ0n) is 17.4. The number of nitrogens with one attached hydrogen (secondary N) is 1. The summed E-state index contributed by atoms with van der Waals surface area (Å²) in [5.41, 5.74) is 6.26. The Bertz CT molecular complexity index is 1220. The van der Waals surface area contributed by atoms with E-state index in [2.05, 4.69) is 5.32 Å². The van der Waals surface area contributed by atoms with Gasteiger partial charge in [0.05, 0.1) is 21.5 Å². The number of benzene rings is 3. The van der Waals surface area contributed by atoms with E-state index in [-0.39, 0.29) is 40.1 Å². The van der Waals surface area contributed by atoms with Crippen LogP contribution in [0.3, 0.4) is 0 Å². The number of carbonyl (C=O) groups excluding carboxylic acids is 1. The molecule has 0 saturated heterocycles. The van der Waals surface area contributed by atoms with Crippen molar-refractivity contribution in [1.82, 2.24) is 5.32 Å². The maximum Gasteiger partial charge on any atom is 0.252 e. The third-order valence-electron chi connectivity index (χ3n) is 4.94. The van der Waals surface area contributed by atoms with Gasteiger partial charge in [0.2, 0.25) is 9.84 Å². The van der Waals surface area contributed by atoms with Gasteiger partial charge in [-0.15, -0.1) is 12.4 Å². The number of aliphatic hydroxyl groups excluding tert-OH is 1. The van der Waals surface area contributed by atoms with Crippen molar-refractivity contribution >= 4 is 28.2 Å². The molecule has 0 aliphatic heterocycles. The predicted octanol–water partition coefficient (Wildman–Crippen LogP) is 2.75. The van der Waals surface area contributed by atoms with E-state index in [1.807, 2.05) is 0 Å². The number of aliphatic hydroxyl groups is 1. The second kappa shape index (κ2) is 11.2. The molecule has 3 aromatic rings. The summed E-state index contributed by atoms with van der Waals surface area (Å²) in [4.78, 5) is 11.3. The Balaban J connectivity index is 0.00000385. The fourth-order valence-corrected chi connectivity index (χ4v) is 4.44. The number of phenols is 1. The molecule has 176 valence electrons. The highest BCUT2D eigenvalue weighted by atomic mass is 35.5. The van der Waals surface area contributed by atoms with Crippen LogP contribution < -0.4 is 11.1 Å². The van der Waals surface area contributed by atoms with Crippen LogP contribution in [0, 0.1) is 5.82 Å². The van der Waals surface area contributed by atoms with Crippen molar-refractivity contribution < 1.29 is 27.8 Å². The summed E-state index contributed by atoms with van der Waals surface area (Å²) in [7, 11) is -3.90. The van der Waals surface area contributed by atoms with Crippen molar-refractivity contribution in [2.45, 2.75) is 22.3 Å². The first-order chi connectivity index (χ1) is 15.2. The first-order valence-corrected chi connectivity index (χ1v) is 11.3. The molecule has 0 bridgehead atoms. The molecule has 0 heterocycles. The highest BCUT2D eigenvalue weighted by molar-refractivity contribution is 7.91. The highest BCUT2D eigenvalue weighted by Gasteiger charge is 2.20. The van der Waals surface area contributed by atoms with E-state index in [0.717, 1.165) is 17.7 Å². The van der Waals surface area contributed by atoms with E-state index in [0.29, 0.717) is 18.5 Å². The Labute approximate surface area is 197 Å². The van der Waals surface area contributed by atoms with Crippen LogP contribution >= 0.6 is 12.4 Å². The zero-order chi connectivity index (χ0) is 23.3. The zero-order valence-corrected chi connectivity index (χ0v) is 19.1. The Hall–Kier alpha value is -2.98. The Morgan fingerprint density at radius 3 is 2.33 bits per heavy atom. The molecule has 0 spiro atoms. The lowest BCUT2D eigenvalue weighted by molar-refractivity contribution is 0.0997. The van der Waals surface area contributed by atoms with E-state index in [9.17, 15) is 27.8 Å². The minimum absolute atomic E-state index is 0. The number of hydrogen-bond donors (Lipinski definition) is 4. The maximum atomic E-state index is 13.2. The van der Waals surface area contributed by atoms with Crippen LogP contribution in [0.4, 0.5) is 4.39 Å². The van der Waals surface area contributed by atoms with Gasteiger partial charge in [-0.2, -0.15) is 0 Å². The van der Waals surface area contributed by atoms with Crippen LogP contribution in [-0.4, -0.2) is 37.6 Å². The lowest BCUT2D eigenvalue weighted by Crippen LogP contribution is -2.23. The van der Waals surface area contributed by atoms with E-state index in [1.165, 1.54) is 36.4 Å². The van der Waals surface area contributed by atoms with Gasteiger partial charge in [-0.05, 0) is 66.6 Å². The third kappa shape index (κ3) is 6.52. The van der Waals surface area contributed by atoms with E-state index < -0.39 is 27.7 Å². The molecule has 10 heteroatoms. The molecule has 0 saturated carbocycles. The van der Waals surface area contributed by atoms with Gasteiger partial charge in [-0.1, -0.05) is 24.3 Å². The fourth-order valence-electron chi connectivity index (χ4n) is 3.15. The van der Waals surface area contributed by atoms with Gasteiger partial charge >= 0.3 is 0 Å². The first kappa shape index (κ1) is 26.3. The molecule has 0 aliphatic rings. The van der Waals surface area contributed by atoms with Crippen LogP contribution in [0.1, 0.15) is 27.6 Å². The minimum atomic E-state index is -3.90. The van der Waals surface area contributed by atoms with Crippen LogP contribution in [0.25, 0.3) is 0 Å². The summed E-state index contributed by atoms with van der Waals surface area (Å²) in [5.74, 6) is -1.72. The molecule has 0 aliphatic carbocycles. The summed E-state index contributed by atoms with van der Waals surface area (Å²) in [6, 6.07) is 15.4. The number of amides is 1. The largest absolute Gasteiger partial charge is 0.507 e. The molecule has 3 aromatic carbocycles. The number of halogens is 2. The predicted molar refractivity (Wildman–Crippen MR) is 124 cm³/mol. The standard InChI is InChI=1S/C23H23FN2O5S.ClH/c24-17-3-1-2-16(12-17)22(28)14-26-11-10-15-4-6-18(7-5-15)32(30,31)19-8-9-21(27)20(13-19)23(25)29;/h1-9,12-13,22,26-28H,10-11,14H2,(H2,25,29);1H/t22-;/m1./s1. The van der Waals surface area contributed by atoms with Gasteiger partial charge < -0.3 is 21.3 Å². The van der Waals surface area contributed by atoms with Gasteiger partial charge in [0, 0.05) is 6.54 Å². The van der Waals surface area contributed by atoms with Gasteiger partial charge in [0.1, 0.15) is 11.6 Å². The van der Waals surface area contributed by atoms with E-state index in [1.54, 1.807) is 18.2 Å². The number of carbonyl (C=O) groups is 1. The van der Waals surface area contributed by atoms with Gasteiger partial charge in [0.15, 0.2) is 0 Å². The lowest BCUT2D eigenvalue weighted by Gasteiger charge is -2.12. The smallest absolute Gasteiger partial charge is 0.252 e. The second-order valence-corrected chi connectivity index (χ2v) is 9.17. The van der Waals surface area contributed by atoms with Gasteiger partial charge in [-0.3, -0.25) is 4.79 Å². The van der Waals surface area contributed by atoms with Crippen molar-refractivity contribution in [3.63, 3.8) is 0 Å². The topological polar surface area (TPSA) is 130 Å². The molecule has 1 atom stereocenters. The Morgan fingerprint density at radius 2 is 1.70 bits per heavy atom. The van der Waals surface area contributed by atoms with Crippen molar-refractivity contribution in [3.05, 3.63) is 89.2 Å².